The van der Waals surface area contributed by atoms with Crippen LogP contribution in [0, 0.1) is 12.7 Å². The Bertz CT molecular complexity index is 587. The van der Waals surface area contributed by atoms with E-state index >= 15 is 0 Å². The quantitative estimate of drug-likeness (QED) is 0.879. The first-order valence-corrected chi connectivity index (χ1v) is 6.09. The average molecular weight is 281 g/mol. The van der Waals surface area contributed by atoms with Gasteiger partial charge in [-0.3, -0.25) is 0 Å². The van der Waals surface area contributed by atoms with Crippen molar-refractivity contribution in [1.29, 1.82) is 0 Å². The molecule has 0 aromatic heterocycles. The fourth-order valence-electron chi connectivity index (χ4n) is 1.83. The topological polar surface area (TPSA) is 21.3 Å². The molecule has 0 bridgehead atoms. The third-order valence-electron chi connectivity index (χ3n) is 2.78. The summed E-state index contributed by atoms with van der Waals surface area (Å²) in [5.74, 6) is -0.300. The van der Waals surface area contributed by atoms with Crippen LogP contribution in [0.15, 0.2) is 42.5 Å². The first kappa shape index (κ1) is 14.2. The maximum atomic E-state index is 13.6. The van der Waals surface area contributed by atoms with Crippen LogP contribution in [-0.4, -0.2) is 6.61 Å². The normalized spacial score (nSPS) is 10.7. The Balaban J connectivity index is 2.12. The molecule has 0 fully saturated rings. The lowest BCUT2D eigenvalue weighted by atomic mass is 10.1. The van der Waals surface area contributed by atoms with Crippen LogP contribution in [0.5, 0.6) is 5.75 Å². The number of hydrogen-bond donors (Lipinski definition) is 1. The molecular formula is C15H14F3NO. The highest BCUT2D eigenvalue weighted by atomic mass is 19.3. The zero-order valence-corrected chi connectivity index (χ0v) is 10.9. The molecule has 20 heavy (non-hydrogen) atoms. The largest absolute Gasteiger partial charge is 0.434 e. The second-order valence-corrected chi connectivity index (χ2v) is 4.32. The van der Waals surface area contributed by atoms with Gasteiger partial charge in [0.1, 0.15) is 11.6 Å². The molecular weight excluding hydrogens is 267 g/mol. The molecule has 0 saturated heterocycles. The molecule has 5 heteroatoms. The zero-order valence-electron chi connectivity index (χ0n) is 10.9. The van der Waals surface area contributed by atoms with Gasteiger partial charge < -0.3 is 10.1 Å². The van der Waals surface area contributed by atoms with Crippen molar-refractivity contribution in [2.24, 2.45) is 0 Å². The molecule has 0 aliphatic carbocycles. The molecule has 2 aromatic carbocycles. The first-order chi connectivity index (χ1) is 9.56. The Hall–Kier alpha value is -2.17. The summed E-state index contributed by atoms with van der Waals surface area (Å²) in [5.41, 5.74) is 1.77. The average Bonchev–Trinajstić information content (AvgIpc) is 2.41. The minimum atomic E-state index is -2.88. The van der Waals surface area contributed by atoms with E-state index in [0.717, 1.165) is 5.56 Å². The van der Waals surface area contributed by atoms with Gasteiger partial charge in [0.25, 0.3) is 0 Å². The Labute approximate surface area is 115 Å². The van der Waals surface area contributed by atoms with Crippen LogP contribution in [0.2, 0.25) is 0 Å². The number of benzene rings is 2. The maximum absolute atomic E-state index is 13.6. The molecule has 2 rings (SSSR count). The van der Waals surface area contributed by atoms with Crippen molar-refractivity contribution in [2.75, 3.05) is 5.32 Å². The van der Waals surface area contributed by atoms with Crippen LogP contribution in [0.3, 0.4) is 0 Å². The highest BCUT2D eigenvalue weighted by Gasteiger charge is 2.09. The number of ether oxygens (including phenoxy) is 1. The third-order valence-corrected chi connectivity index (χ3v) is 2.78. The molecule has 106 valence electrons. The van der Waals surface area contributed by atoms with Gasteiger partial charge in [-0.2, -0.15) is 8.78 Å². The first-order valence-electron chi connectivity index (χ1n) is 6.09. The summed E-state index contributed by atoms with van der Waals surface area (Å²) >= 11 is 0. The maximum Gasteiger partial charge on any atom is 0.387 e. The smallest absolute Gasteiger partial charge is 0.387 e. The molecule has 0 atom stereocenters. The zero-order chi connectivity index (χ0) is 14.5. The van der Waals surface area contributed by atoms with Gasteiger partial charge in [0.2, 0.25) is 0 Å². The molecule has 2 aromatic rings. The van der Waals surface area contributed by atoms with Gasteiger partial charge in [0.15, 0.2) is 0 Å². The fourth-order valence-corrected chi connectivity index (χ4v) is 1.83. The predicted octanol–water partition coefficient (Wildman–Crippen LogP) is 4.35. The van der Waals surface area contributed by atoms with E-state index in [1.807, 2.05) is 6.92 Å². The van der Waals surface area contributed by atoms with Gasteiger partial charge in [-0.15, -0.1) is 0 Å². The molecule has 0 heterocycles. The van der Waals surface area contributed by atoms with E-state index in [4.69, 9.17) is 0 Å². The molecule has 1 N–H and O–H groups in total. The third kappa shape index (κ3) is 3.66. The molecule has 2 nitrogen and oxygen atoms in total. The van der Waals surface area contributed by atoms with Gasteiger partial charge in [0, 0.05) is 12.1 Å². The number of alkyl halides is 2. The lowest BCUT2D eigenvalue weighted by Gasteiger charge is -2.12. The monoisotopic (exact) mass is 281 g/mol. The number of para-hydroxylation sites is 1. The SMILES string of the molecule is Cc1ccc(F)c(NCc2ccccc2OC(F)F)c1. The number of nitrogens with one attached hydrogen (secondary N) is 1. The van der Waals surface area contributed by atoms with Gasteiger partial charge in [-0.05, 0) is 30.7 Å². The molecule has 0 aliphatic heterocycles. The molecule has 0 radical (unpaired) electrons. The van der Waals surface area contributed by atoms with Crippen LogP contribution >= 0.6 is 0 Å². The van der Waals surface area contributed by atoms with Crippen LogP contribution in [-0.2, 0) is 6.54 Å². The van der Waals surface area contributed by atoms with Crippen molar-refractivity contribution in [1.82, 2.24) is 0 Å². The van der Waals surface area contributed by atoms with Crippen LogP contribution in [0.1, 0.15) is 11.1 Å². The van der Waals surface area contributed by atoms with Crippen molar-refractivity contribution in [3.8, 4) is 5.75 Å². The Morgan fingerprint density at radius 2 is 1.90 bits per heavy atom. The number of hydrogen-bond acceptors (Lipinski definition) is 2. The molecule has 0 amide bonds. The molecule has 0 unspecified atom stereocenters. The predicted molar refractivity (Wildman–Crippen MR) is 71.5 cm³/mol. The van der Waals surface area contributed by atoms with Gasteiger partial charge in [0.05, 0.1) is 5.69 Å². The number of rotatable bonds is 5. The number of aryl methyl sites for hydroxylation is 1. The second-order valence-electron chi connectivity index (χ2n) is 4.32. The van der Waals surface area contributed by atoms with Crippen LogP contribution in [0.4, 0.5) is 18.9 Å². The van der Waals surface area contributed by atoms with Gasteiger partial charge >= 0.3 is 6.61 Å². The second kappa shape index (κ2) is 6.32. The minimum Gasteiger partial charge on any atom is -0.434 e. The summed E-state index contributed by atoms with van der Waals surface area (Å²) in [7, 11) is 0. The molecule has 0 saturated carbocycles. The van der Waals surface area contributed by atoms with E-state index in [1.54, 1.807) is 30.3 Å². The van der Waals surface area contributed by atoms with Crippen LogP contribution < -0.4 is 10.1 Å². The van der Waals surface area contributed by atoms with Crippen molar-refractivity contribution in [3.63, 3.8) is 0 Å². The van der Waals surface area contributed by atoms with Crippen LogP contribution in [0.25, 0.3) is 0 Å². The van der Waals surface area contributed by atoms with E-state index in [9.17, 15) is 13.2 Å². The van der Waals surface area contributed by atoms with E-state index in [2.05, 4.69) is 10.1 Å². The fraction of sp³-hybridized carbons (Fsp3) is 0.200. The minimum absolute atomic E-state index is 0.0862. The highest BCUT2D eigenvalue weighted by Crippen LogP contribution is 2.22. The summed E-state index contributed by atoms with van der Waals surface area (Å²) < 4.78 is 42.5. The van der Waals surface area contributed by atoms with Gasteiger partial charge in [-0.25, -0.2) is 4.39 Å². The van der Waals surface area contributed by atoms with Crippen molar-refractivity contribution in [3.05, 3.63) is 59.4 Å². The standard InChI is InChI=1S/C15H14F3NO/c1-10-6-7-12(16)13(8-10)19-9-11-4-2-3-5-14(11)20-15(17)18/h2-8,15,19H,9H2,1H3. The Kier molecular flexibility index (Phi) is 4.50. The Morgan fingerprint density at radius 3 is 2.65 bits per heavy atom. The molecule has 0 spiro atoms. The van der Waals surface area contributed by atoms with Crippen molar-refractivity contribution in [2.45, 2.75) is 20.1 Å². The lowest BCUT2D eigenvalue weighted by molar-refractivity contribution is -0.0504. The lowest BCUT2D eigenvalue weighted by Crippen LogP contribution is -2.07. The van der Waals surface area contributed by atoms with E-state index in [1.165, 1.54) is 12.1 Å². The van der Waals surface area contributed by atoms with Crippen molar-refractivity contribution < 1.29 is 17.9 Å². The summed E-state index contributed by atoms with van der Waals surface area (Å²) in [4.78, 5) is 0. The summed E-state index contributed by atoms with van der Waals surface area (Å²) in [6.07, 6.45) is 0. The number of halogens is 3. The summed E-state index contributed by atoms with van der Waals surface area (Å²) in [5, 5.41) is 2.88. The van der Waals surface area contributed by atoms with E-state index in [0.29, 0.717) is 11.3 Å². The Morgan fingerprint density at radius 1 is 1.15 bits per heavy atom. The number of anilines is 1. The van der Waals surface area contributed by atoms with Crippen molar-refractivity contribution >= 4 is 5.69 Å². The summed E-state index contributed by atoms with van der Waals surface area (Å²) in [6, 6.07) is 11.1. The summed E-state index contributed by atoms with van der Waals surface area (Å²) in [6.45, 7) is -0.839. The van der Waals surface area contributed by atoms with Gasteiger partial charge in [-0.1, -0.05) is 24.3 Å². The van der Waals surface area contributed by atoms with E-state index in [-0.39, 0.29) is 18.1 Å². The highest BCUT2D eigenvalue weighted by molar-refractivity contribution is 5.48. The molecule has 0 aliphatic rings. The van der Waals surface area contributed by atoms with E-state index < -0.39 is 6.61 Å².